The Labute approximate surface area is 194 Å². The Balaban J connectivity index is 0.000000257. The van der Waals surface area contributed by atoms with Crippen LogP contribution in [0.1, 0.15) is 31.7 Å². The standard InChI is InChI=1S/C9H10ClN5.C5H8O2.C4H3Cl2N3/c1-5-3-6(2)15(14-5)9-12-7(10)4-8(11)13-9;1-4(6)3-5(2)7;5-2-1-3(7)9-4(6)8-2/h3-4H,1-2H3,(H2,11,12,13);3H2,1-2H3;1H,(H2,7,8,9). The van der Waals surface area contributed by atoms with Crippen LogP contribution in [0.5, 0.6) is 0 Å². The Morgan fingerprint density at radius 1 is 0.871 bits per heavy atom. The number of carbonyl (C=O) groups excluding carboxylic acids is 2. The van der Waals surface area contributed by atoms with Crippen molar-refractivity contribution >= 4 is 58.0 Å². The number of Topliss-reactive ketones (excluding diaryl/α,β-unsaturated/α-hetero) is 2. The van der Waals surface area contributed by atoms with Crippen molar-refractivity contribution in [3.63, 3.8) is 0 Å². The summed E-state index contributed by atoms with van der Waals surface area (Å²) >= 11 is 16.6. The average molecular weight is 488 g/mol. The van der Waals surface area contributed by atoms with E-state index < -0.39 is 0 Å². The molecule has 0 aliphatic rings. The number of nitrogens with two attached hydrogens (primary N) is 2. The summed E-state index contributed by atoms with van der Waals surface area (Å²) in [4.78, 5) is 35.3. The molecule has 0 aliphatic heterocycles. The van der Waals surface area contributed by atoms with Crippen LogP contribution in [0.4, 0.5) is 11.6 Å². The predicted octanol–water partition coefficient (Wildman–Crippen LogP) is 3.43. The second-order valence-corrected chi connectivity index (χ2v) is 7.33. The zero-order chi connectivity index (χ0) is 23.7. The number of rotatable bonds is 3. The van der Waals surface area contributed by atoms with Crippen LogP contribution in [0, 0.1) is 13.8 Å². The molecule has 13 heteroatoms. The zero-order valence-electron chi connectivity index (χ0n) is 17.2. The van der Waals surface area contributed by atoms with Crippen molar-refractivity contribution in [3.05, 3.63) is 45.2 Å². The maximum Gasteiger partial charge on any atom is 0.254 e. The molecule has 0 spiro atoms. The number of anilines is 2. The SMILES string of the molecule is CC(=O)CC(C)=O.Cc1cc(C)n(-c2nc(N)cc(Cl)n2)n1.Nc1cc(Cl)nc(Cl)n1. The molecule has 0 bridgehead atoms. The number of aromatic nitrogens is 6. The molecule has 0 aliphatic carbocycles. The van der Waals surface area contributed by atoms with Crippen molar-refractivity contribution in [2.75, 3.05) is 11.5 Å². The van der Waals surface area contributed by atoms with Crippen LogP contribution in [0.15, 0.2) is 18.2 Å². The van der Waals surface area contributed by atoms with E-state index in [2.05, 4.69) is 25.0 Å². The minimum absolute atomic E-state index is 0.0625. The van der Waals surface area contributed by atoms with E-state index in [1.165, 1.54) is 26.0 Å². The number of nitrogen functional groups attached to an aromatic ring is 2. The number of carbonyl (C=O) groups is 2. The van der Waals surface area contributed by atoms with Gasteiger partial charge in [-0.1, -0.05) is 23.2 Å². The van der Waals surface area contributed by atoms with E-state index in [1.807, 2.05) is 19.9 Å². The molecule has 31 heavy (non-hydrogen) atoms. The first-order chi connectivity index (χ1) is 14.4. The normalized spacial score (nSPS) is 9.77. The maximum absolute atomic E-state index is 10.0. The van der Waals surface area contributed by atoms with Crippen LogP contribution in [0.3, 0.4) is 0 Å². The number of halogens is 3. The molecule has 3 aromatic heterocycles. The van der Waals surface area contributed by atoms with Gasteiger partial charge in [0.25, 0.3) is 5.95 Å². The van der Waals surface area contributed by atoms with Crippen molar-refractivity contribution in [2.24, 2.45) is 0 Å². The lowest BCUT2D eigenvalue weighted by Crippen LogP contribution is -2.06. The second-order valence-electron chi connectivity index (χ2n) is 6.22. The minimum atomic E-state index is -0.0625. The fraction of sp³-hybridized carbons (Fsp3) is 0.278. The number of hydrogen-bond donors (Lipinski definition) is 2. The van der Waals surface area contributed by atoms with Gasteiger partial charge in [-0.2, -0.15) is 15.1 Å². The van der Waals surface area contributed by atoms with Gasteiger partial charge in [0.15, 0.2) is 0 Å². The van der Waals surface area contributed by atoms with Crippen LogP contribution in [0.2, 0.25) is 15.6 Å². The van der Waals surface area contributed by atoms with Gasteiger partial charge in [0.1, 0.15) is 33.5 Å². The summed E-state index contributed by atoms with van der Waals surface area (Å²) in [6.07, 6.45) is 0.0833. The zero-order valence-corrected chi connectivity index (χ0v) is 19.5. The molecule has 4 N–H and O–H groups in total. The molecule has 0 atom stereocenters. The lowest BCUT2D eigenvalue weighted by molar-refractivity contribution is -0.124. The first-order valence-corrected chi connectivity index (χ1v) is 9.79. The number of nitrogens with zero attached hydrogens (tertiary/aromatic N) is 6. The molecule has 3 aromatic rings. The summed E-state index contributed by atoms with van der Waals surface area (Å²) in [6.45, 7) is 6.63. The molecule has 0 saturated heterocycles. The van der Waals surface area contributed by atoms with Crippen LogP contribution in [-0.2, 0) is 9.59 Å². The Morgan fingerprint density at radius 2 is 1.39 bits per heavy atom. The second kappa shape index (κ2) is 12.1. The van der Waals surface area contributed by atoms with Gasteiger partial charge in [0.05, 0.1) is 12.1 Å². The summed E-state index contributed by atoms with van der Waals surface area (Å²) in [5.74, 6) is 0.878. The predicted molar refractivity (Wildman–Crippen MR) is 120 cm³/mol. The highest BCUT2D eigenvalue weighted by molar-refractivity contribution is 6.32. The van der Waals surface area contributed by atoms with Crippen molar-refractivity contribution in [2.45, 2.75) is 34.1 Å². The minimum Gasteiger partial charge on any atom is -0.384 e. The van der Waals surface area contributed by atoms with E-state index >= 15 is 0 Å². The smallest absolute Gasteiger partial charge is 0.254 e. The fourth-order valence-corrected chi connectivity index (χ4v) is 2.72. The fourth-order valence-electron chi connectivity index (χ4n) is 2.11. The first-order valence-electron chi connectivity index (χ1n) is 8.65. The molecule has 166 valence electrons. The van der Waals surface area contributed by atoms with E-state index in [1.54, 1.807) is 4.68 Å². The van der Waals surface area contributed by atoms with Crippen LogP contribution < -0.4 is 11.5 Å². The van der Waals surface area contributed by atoms with Gasteiger partial charge in [-0.15, -0.1) is 0 Å². The molecule has 0 saturated carbocycles. The van der Waals surface area contributed by atoms with Gasteiger partial charge in [-0.05, 0) is 45.4 Å². The van der Waals surface area contributed by atoms with Crippen molar-refractivity contribution in [1.29, 1.82) is 0 Å². The maximum atomic E-state index is 10.0. The first kappa shape index (κ1) is 26.2. The third kappa shape index (κ3) is 10.2. The van der Waals surface area contributed by atoms with Crippen molar-refractivity contribution < 1.29 is 9.59 Å². The molecule has 0 radical (unpaired) electrons. The topological polar surface area (TPSA) is 156 Å². The van der Waals surface area contributed by atoms with Gasteiger partial charge in [-0.25, -0.2) is 14.6 Å². The Morgan fingerprint density at radius 3 is 1.74 bits per heavy atom. The molecular weight excluding hydrogens is 467 g/mol. The molecule has 0 fully saturated rings. The van der Waals surface area contributed by atoms with Crippen molar-refractivity contribution in [1.82, 2.24) is 29.7 Å². The molecule has 3 rings (SSSR count). The van der Waals surface area contributed by atoms with Gasteiger partial charge in [-0.3, -0.25) is 9.59 Å². The molecular formula is C18H21Cl3N8O2. The van der Waals surface area contributed by atoms with Gasteiger partial charge < -0.3 is 11.5 Å². The highest BCUT2D eigenvalue weighted by Crippen LogP contribution is 2.13. The van der Waals surface area contributed by atoms with Gasteiger partial charge in [0.2, 0.25) is 5.28 Å². The third-order valence-corrected chi connectivity index (χ3v) is 3.64. The lowest BCUT2D eigenvalue weighted by Gasteiger charge is -2.03. The summed E-state index contributed by atoms with van der Waals surface area (Å²) in [7, 11) is 0. The number of ketones is 2. The highest BCUT2D eigenvalue weighted by Gasteiger charge is 2.08. The summed E-state index contributed by atoms with van der Waals surface area (Å²) < 4.78 is 1.61. The molecule has 0 unspecified atom stereocenters. The lowest BCUT2D eigenvalue weighted by atomic mass is 10.2. The Kier molecular flexibility index (Phi) is 10.3. The van der Waals surface area contributed by atoms with Crippen molar-refractivity contribution in [3.8, 4) is 5.95 Å². The van der Waals surface area contributed by atoms with Crippen LogP contribution in [0.25, 0.3) is 5.95 Å². The molecule has 3 heterocycles. The van der Waals surface area contributed by atoms with Crippen LogP contribution >= 0.6 is 34.8 Å². The Hall–Kier alpha value is -2.82. The van der Waals surface area contributed by atoms with E-state index in [-0.39, 0.29) is 34.2 Å². The largest absolute Gasteiger partial charge is 0.384 e. The Bertz CT molecular complexity index is 989. The monoisotopic (exact) mass is 486 g/mol. The third-order valence-electron chi connectivity index (χ3n) is 3.09. The average Bonchev–Trinajstić information content (AvgIpc) is 2.91. The number of hydrogen-bond acceptors (Lipinski definition) is 9. The van der Waals surface area contributed by atoms with E-state index in [0.29, 0.717) is 16.9 Å². The molecule has 10 nitrogen and oxygen atoms in total. The summed E-state index contributed by atoms with van der Waals surface area (Å²) in [5, 5.41) is 4.88. The van der Waals surface area contributed by atoms with Gasteiger partial charge in [0, 0.05) is 17.8 Å². The summed E-state index contributed by atoms with van der Waals surface area (Å²) in [5.41, 5.74) is 12.7. The van der Waals surface area contributed by atoms with E-state index in [9.17, 15) is 9.59 Å². The molecule has 0 amide bonds. The highest BCUT2D eigenvalue weighted by atomic mass is 35.5. The number of aryl methyl sites for hydroxylation is 2. The van der Waals surface area contributed by atoms with E-state index in [4.69, 9.17) is 46.3 Å². The summed E-state index contributed by atoms with van der Waals surface area (Å²) in [6, 6.07) is 4.85. The quantitative estimate of drug-likeness (QED) is 0.321. The van der Waals surface area contributed by atoms with E-state index in [0.717, 1.165) is 11.4 Å². The van der Waals surface area contributed by atoms with Crippen LogP contribution in [-0.4, -0.2) is 41.3 Å². The molecule has 0 aromatic carbocycles. The van der Waals surface area contributed by atoms with Gasteiger partial charge >= 0.3 is 0 Å².